The molecule has 1 atom stereocenters. The number of aryl methyl sites for hydroxylation is 1. The van der Waals surface area contributed by atoms with Crippen LogP contribution in [0.5, 0.6) is 0 Å². The van der Waals surface area contributed by atoms with E-state index in [1.807, 2.05) is 0 Å². The second-order valence-electron chi connectivity index (χ2n) is 3.37. The van der Waals surface area contributed by atoms with Gasteiger partial charge in [-0.2, -0.15) is 13.2 Å². The van der Waals surface area contributed by atoms with Crippen LogP contribution in [0.1, 0.15) is 18.1 Å². The Kier molecular flexibility index (Phi) is 2.56. The van der Waals surface area contributed by atoms with Crippen LogP contribution in [0.2, 0.25) is 0 Å². The van der Waals surface area contributed by atoms with Gasteiger partial charge in [-0.25, -0.2) is 4.39 Å². The lowest BCUT2D eigenvalue weighted by molar-refractivity contribution is -0.228. The van der Waals surface area contributed by atoms with E-state index < -0.39 is 11.8 Å². The molecular weight excluding hydrogens is 196 g/mol. The number of hydrogen-bond donors (Lipinski definition) is 0. The lowest BCUT2D eigenvalue weighted by Gasteiger charge is -2.24. The molecule has 0 heterocycles. The summed E-state index contributed by atoms with van der Waals surface area (Å²) in [4.78, 5) is 0. The molecule has 0 aliphatic rings. The average molecular weight is 206 g/mol. The molecule has 0 saturated carbocycles. The maximum absolute atomic E-state index is 13.4. The Balaban J connectivity index is 3.16. The molecule has 1 unspecified atom stereocenters. The molecule has 0 amide bonds. The highest BCUT2D eigenvalue weighted by atomic mass is 19.4. The first-order chi connectivity index (χ1) is 6.25. The molecular formula is C10H10F4. The van der Waals surface area contributed by atoms with Gasteiger partial charge in [-0.3, -0.25) is 0 Å². The van der Waals surface area contributed by atoms with E-state index in [2.05, 4.69) is 0 Å². The molecule has 1 aromatic rings. The summed E-state index contributed by atoms with van der Waals surface area (Å²) in [6, 6.07) is 5.37. The molecule has 0 nitrogen and oxygen atoms in total. The molecule has 0 N–H and O–H groups in total. The topological polar surface area (TPSA) is 0 Å². The van der Waals surface area contributed by atoms with Crippen LogP contribution in [0.3, 0.4) is 0 Å². The lowest BCUT2D eigenvalue weighted by atomic mass is 9.96. The summed E-state index contributed by atoms with van der Waals surface area (Å²) in [7, 11) is 0. The van der Waals surface area contributed by atoms with Gasteiger partial charge in [0.1, 0.15) is 0 Å². The van der Waals surface area contributed by atoms with Gasteiger partial charge < -0.3 is 0 Å². The molecule has 0 aliphatic carbocycles. The Morgan fingerprint density at radius 3 is 2.07 bits per heavy atom. The van der Waals surface area contributed by atoms with Gasteiger partial charge in [0.05, 0.1) is 0 Å². The van der Waals surface area contributed by atoms with Crippen LogP contribution < -0.4 is 0 Å². The number of hydrogen-bond acceptors (Lipinski definition) is 0. The SMILES string of the molecule is Cc1cccc(C(C)(F)C(F)(F)F)c1. The number of halogens is 4. The second-order valence-corrected chi connectivity index (χ2v) is 3.37. The molecule has 78 valence electrons. The van der Waals surface area contributed by atoms with Crippen molar-refractivity contribution in [2.75, 3.05) is 0 Å². The predicted molar refractivity (Wildman–Crippen MR) is 45.7 cm³/mol. The number of benzene rings is 1. The van der Waals surface area contributed by atoms with Crippen molar-refractivity contribution in [1.29, 1.82) is 0 Å². The van der Waals surface area contributed by atoms with E-state index in [1.54, 1.807) is 13.0 Å². The molecule has 0 fully saturated rings. The van der Waals surface area contributed by atoms with Crippen LogP contribution in [-0.4, -0.2) is 6.18 Å². The fourth-order valence-electron chi connectivity index (χ4n) is 1.10. The van der Waals surface area contributed by atoms with E-state index in [0.29, 0.717) is 12.5 Å². The standard InChI is InChI=1S/C10H10F4/c1-7-4-3-5-8(6-7)9(2,11)10(12,13)14/h3-6H,1-2H3. The summed E-state index contributed by atoms with van der Waals surface area (Å²) in [6.07, 6.45) is -4.87. The Hall–Kier alpha value is -1.06. The summed E-state index contributed by atoms with van der Waals surface area (Å²) < 4.78 is 50.2. The van der Waals surface area contributed by atoms with Gasteiger partial charge in [0.25, 0.3) is 0 Å². The minimum absolute atomic E-state index is 0.356. The third kappa shape index (κ3) is 1.89. The van der Waals surface area contributed by atoms with Gasteiger partial charge >= 0.3 is 6.18 Å². The van der Waals surface area contributed by atoms with Crippen molar-refractivity contribution in [2.24, 2.45) is 0 Å². The normalized spacial score (nSPS) is 16.4. The summed E-state index contributed by atoms with van der Waals surface area (Å²) in [5, 5.41) is 0. The van der Waals surface area contributed by atoms with E-state index in [9.17, 15) is 17.6 Å². The largest absolute Gasteiger partial charge is 0.426 e. The zero-order valence-corrected chi connectivity index (χ0v) is 7.82. The molecule has 0 radical (unpaired) electrons. The molecule has 4 heteroatoms. The quantitative estimate of drug-likeness (QED) is 0.614. The zero-order valence-electron chi connectivity index (χ0n) is 7.82. The predicted octanol–water partition coefficient (Wildman–Crippen LogP) is 3.74. The highest BCUT2D eigenvalue weighted by molar-refractivity contribution is 5.28. The Labute approximate surface area is 79.6 Å². The maximum Gasteiger partial charge on any atom is 0.426 e. The maximum atomic E-state index is 13.4. The highest BCUT2D eigenvalue weighted by Gasteiger charge is 2.53. The summed E-state index contributed by atoms with van der Waals surface area (Å²) >= 11 is 0. The highest BCUT2D eigenvalue weighted by Crippen LogP contribution is 2.42. The van der Waals surface area contributed by atoms with Crippen molar-refractivity contribution in [3.8, 4) is 0 Å². The Bertz CT molecular complexity index is 325. The molecule has 1 aromatic carbocycles. The third-order valence-corrected chi connectivity index (χ3v) is 2.09. The molecule has 0 bridgehead atoms. The summed E-state index contributed by atoms with van der Waals surface area (Å²) in [6.45, 7) is 2.15. The molecule has 14 heavy (non-hydrogen) atoms. The summed E-state index contributed by atoms with van der Waals surface area (Å²) in [5.41, 5.74) is -3.03. The van der Waals surface area contributed by atoms with Gasteiger partial charge in [-0.15, -0.1) is 0 Å². The van der Waals surface area contributed by atoms with Crippen molar-refractivity contribution in [2.45, 2.75) is 25.7 Å². The Morgan fingerprint density at radius 2 is 1.64 bits per heavy atom. The number of rotatable bonds is 1. The van der Waals surface area contributed by atoms with Crippen LogP contribution in [-0.2, 0) is 5.67 Å². The molecule has 0 saturated heterocycles. The monoisotopic (exact) mass is 206 g/mol. The molecule has 0 aromatic heterocycles. The van der Waals surface area contributed by atoms with Crippen molar-refractivity contribution in [3.05, 3.63) is 35.4 Å². The van der Waals surface area contributed by atoms with Gasteiger partial charge in [0.15, 0.2) is 0 Å². The molecule has 0 spiro atoms. The first kappa shape index (κ1) is 11.0. The average Bonchev–Trinajstić information content (AvgIpc) is 2.02. The molecule has 1 rings (SSSR count). The van der Waals surface area contributed by atoms with E-state index in [1.165, 1.54) is 12.1 Å². The Morgan fingerprint density at radius 1 is 1.07 bits per heavy atom. The number of alkyl halides is 4. The van der Waals surface area contributed by atoms with Gasteiger partial charge in [0.2, 0.25) is 5.67 Å². The van der Waals surface area contributed by atoms with Gasteiger partial charge in [-0.1, -0.05) is 29.8 Å². The van der Waals surface area contributed by atoms with Crippen LogP contribution in [0.25, 0.3) is 0 Å². The summed E-state index contributed by atoms with van der Waals surface area (Å²) in [5.74, 6) is 0. The van der Waals surface area contributed by atoms with Crippen LogP contribution >= 0.6 is 0 Å². The van der Waals surface area contributed by atoms with Crippen molar-refractivity contribution >= 4 is 0 Å². The second kappa shape index (κ2) is 3.26. The van der Waals surface area contributed by atoms with Crippen LogP contribution in [0.4, 0.5) is 17.6 Å². The van der Waals surface area contributed by atoms with Crippen molar-refractivity contribution < 1.29 is 17.6 Å². The fourth-order valence-corrected chi connectivity index (χ4v) is 1.10. The zero-order chi connectivity index (χ0) is 11.0. The lowest BCUT2D eigenvalue weighted by Crippen LogP contribution is -2.34. The first-order valence-corrected chi connectivity index (χ1v) is 4.08. The first-order valence-electron chi connectivity index (χ1n) is 4.08. The fraction of sp³-hybridized carbons (Fsp3) is 0.400. The molecule has 0 aliphatic heterocycles. The van der Waals surface area contributed by atoms with Crippen LogP contribution in [0, 0.1) is 6.92 Å². The van der Waals surface area contributed by atoms with E-state index >= 15 is 0 Å². The van der Waals surface area contributed by atoms with E-state index in [4.69, 9.17) is 0 Å². The third-order valence-electron chi connectivity index (χ3n) is 2.09. The van der Waals surface area contributed by atoms with Crippen LogP contribution in [0.15, 0.2) is 24.3 Å². The van der Waals surface area contributed by atoms with Gasteiger partial charge in [0, 0.05) is 0 Å². The van der Waals surface area contributed by atoms with Crippen molar-refractivity contribution in [1.82, 2.24) is 0 Å². The van der Waals surface area contributed by atoms with E-state index in [0.717, 1.165) is 6.07 Å². The smallest absolute Gasteiger partial charge is 0.229 e. The van der Waals surface area contributed by atoms with Crippen molar-refractivity contribution in [3.63, 3.8) is 0 Å². The van der Waals surface area contributed by atoms with Gasteiger partial charge in [-0.05, 0) is 19.4 Å². The van der Waals surface area contributed by atoms with E-state index in [-0.39, 0.29) is 5.56 Å². The minimum atomic E-state index is -4.87. The minimum Gasteiger partial charge on any atom is -0.229 e.